The molecule has 0 aliphatic rings. The van der Waals surface area contributed by atoms with Crippen molar-refractivity contribution in [2.75, 3.05) is 6.54 Å². The maximum Gasteiger partial charge on any atom is 0.191 e. The van der Waals surface area contributed by atoms with Crippen LogP contribution in [0, 0.1) is 0 Å². The molecule has 1 aromatic rings. The maximum atomic E-state index is 4.57. The Hall–Kier alpha value is -0.550. The van der Waals surface area contributed by atoms with E-state index in [4.69, 9.17) is 0 Å². The van der Waals surface area contributed by atoms with Crippen molar-refractivity contribution in [3.05, 3.63) is 20.8 Å². The number of aliphatic imine (C=N–C) groups is 1. The molecule has 17 heavy (non-hydrogen) atoms. The molecule has 0 spiro atoms. The molecule has 3 nitrogen and oxygen atoms in total. The Morgan fingerprint density at radius 1 is 1.53 bits per heavy atom. The zero-order valence-corrected chi connectivity index (χ0v) is 13.0. The number of nitrogens with one attached hydrogen (secondary N) is 2. The minimum absolute atomic E-state index is 0.447. The first-order chi connectivity index (χ1) is 8.15. The highest BCUT2D eigenvalue weighted by Gasteiger charge is 2.03. The lowest BCUT2D eigenvalue weighted by atomic mass is 10.3. The summed E-state index contributed by atoms with van der Waals surface area (Å²) in [5.41, 5.74) is 0. The van der Waals surface area contributed by atoms with Crippen LogP contribution in [0.25, 0.3) is 0 Å². The summed E-state index contributed by atoms with van der Waals surface area (Å²) >= 11 is 5.18. The van der Waals surface area contributed by atoms with Gasteiger partial charge in [-0.15, -0.1) is 11.3 Å². The molecular weight excluding hydrogens is 298 g/mol. The summed E-state index contributed by atoms with van der Waals surface area (Å²) in [4.78, 5) is 5.83. The van der Waals surface area contributed by atoms with Crippen LogP contribution < -0.4 is 10.6 Å². The smallest absolute Gasteiger partial charge is 0.191 e. The fraction of sp³-hybridized carbons (Fsp3) is 0.583. The lowest BCUT2D eigenvalue weighted by molar-refractivity contribution is 0.624. The van der Waals surface area contributed by atoms with Crippen LogP contribution in [0.4, 0.5) is 0 Å². The lowest BCUT2D eigenvalue weighted by Gasteiger charge is -2.15. The molecule has 0 radical (unpaired) electrons. The van der Waals surface area contributed by atoms with Gasteiger partial charge in [0, 0.05) is 27.3 Å². The molecule has 1 unspecified atom stereocenters. The highest BCUT2D eigenvalue weighted by Crippen LogP contribution is 2.20. The molecule has 0 saturated carbocycles. The summed E-state index contributed by atoms with van der Waals surface area (Å²) in [5.74, 6) is 0.895. The second-order valence-corrected chi connectivity index (χ2v) is 5.79. The molecule has 0 aliphatic carbocycles. The first kappa shape index (κ1) is 14.5. The van der Waals surface area contributed by atoms with Gasteiger partial charge in [0.05, 0.1) is 6.54 Å². The molecule has 2 N–H and O–H groups in total. The van der Waals surface area contributed by atoms with E-state index in [1.807, 2.05) is 0 Å². The van der Waals surface area contributed by atoms with Crippen LogP contribution in [0.3, 0.4) is 0 Å². The van der Waals surface area contributed by atoms with Crippen molar-refractivity contribution in [3.63, 3.8) is 0 Å². The van der Waals surface area contributed by atoms with Crippen LogP contribution in [0.2, 0.25) is 0 Å². The Bertz CT molecular complexity index is 362. The molecule has 1 aromatic heterocycles. The fourth-order valence-corrected chi connectivity index (χ4v) is 2.62. The molecule has 96 valence electrons. The van der Waals surface area contributed by atoms with Gasteiger partial charge < -0.3 is 10.6 Å². The quantitative estimate of drug-likeness (QED) is 0.645. The molecule has 0 aliphatic heterocycles. The number of rotatable bonds is 5. The van der Waals surface area contributed by atoms with Gasteiger partial charge in [-0.2, -0.15) is 0 Å². The van der Waals surface area contributed by atoms with E-state index in [2.05, 4.69) is 63.8 Å². The first-order valence-electron chi connectivity index (χ1n) is 5.93. The van der Waals surface area contributed by atoms with Crippen molar-refractivity contribution < 1.29 is 0 Å². The van der Waals surface area contributed by atoms with E-state index in [-0.39, 0.29) is 0 Å². The van der Waals surface area contributed by atoms with Gasteiger partial charge in [0.25, 0.3) is 0 Å². The second kappa shape index (κ2) is 7.71. The van der Waals surface area contributed by atoms with Crippen molar-refractivity contribution in [2.45, 2.75) is 39.8 Å². The minimum atomic E-state index is 0.447. The number of hydrogen-bond acceptors (Lipinski definition) is 2. The van der Waals surface area contributed by atoms with Gasteiger partial charge in [0.2, 0.25) is 0 Å². The van der Waals surface area contributed by atoms with E-state index in [0.717, 1.165) is 29.9 Å². The average molecular weight is 318 g/mol. The zero-order chi connectivity index (χ0) is 12.7. The topological polar surface area (TPSA) is 36.4 Å². The monoisotopic (exact) mass is 317 g/mol. The molecule has 1 rings (SSSR count). The molecule has 0 aromatic carbocycles. The van der Waals surface area contributed by atoms with E-state index in [0.29, 0.717) is 6.04 Å². The highest BCUT2D eigenvalue weighted by molar-refractivity contribution is 9.10. The number of guanidine groups is 1. The van der Waals surface area contributed by atoms with Crippen LogP contribution >= 0.6 is 27.3 Å². The van der Waals surface area contributed by atoms with Crippen molar-refractivity contribution >= 4 is 33.2 Å². The molecule has 1 atom stereocenters. The molecular formula is C12H20BrN3S. The Morgan fingerprint density at radius 3 is 2.82 bits per heavy atom. The molecule has 0 bridgehead atoms. The van der Waals surface area contributed by atoms with Crippen LogP contribution in [0.1, 0.15) is 32.1 Å². The van der Waals surface area contributed by atoms with Gasteiger partial charge in [0.15, 0.2) is 5.96 Å². The second-order valence-electron chi connectivity index (χ2n) is 3.88. The number of thiophene rings is 1. The summed E-state index contributed by atoms with van der Waals surface area (Å²) < 4.78 is 1.13. The van der Waals surface area contributed by atoms with Gasteiger partial charge in [-0.3, -0.25) is 0 Å². The van der Waals surface area contributed by atoms with Gasteiger partial charge in [0.1, 0.15) is 0 Å². The maximum absolute atomic E-state index is 4.57. The summed E-state index contributed by atoms with van der Waals surface area (Å²) in [6.45, 7) is 8.01. The van der Waals surface area contributed by atoms with Gasteiger partial charge in [-0.1, -0.05) is 6.92 Å². The van der Waals surface area contributed by atoms with Crippen molar-refractivity contribution in [2.24, 2.45) is 4.99 Å². The normalized spacial score (nSPS) is 13.5. The van der Waals surface area contributed by atoms with E-state index in [1.165, 1.54) is 4.88 Å². The largest absolute Gasteiger partial charge is 0.357 e. The minimum Gasteiger partial charge on any atom is -0.357 e. The summed E-state index contributed by atoms with van der Waals surface area (Å²) in [7, 11) is 0. The van der Waals surface area contributed by atoms with Gasteiger partial charge in [-0.25, -0.2) is 4.99 Å². The summed E-state index contributed by atoms with van der Waals surface area (Å²) in [6.07, 6.45) is 1.09. The van der Waals surface area contributed by atoms with Crippen LogP contribution in [0.15, 0.2) is 20.9 Å². The fourth-order valence-electron chi connectivity index (χ4n) is 1.25. The highest BCUT2D eigenvalue weighted by atomic mass is 79.9. The van der Waals surface area contributed by atoms with Crippen LogP contribution in [-0.4, -0.2) is 18.5 Å². The van der Waals surface area contributed by atoms with Crippen LogP contribution in [-0.2, 0) is 6.54 Å². The van der Waals surface area contributed by atoms with Crippen LogP contribution in [0.5, 0.6) is 0 Å². The lowest BCUT2D eigenvalue weighted by Crippen LogP contribution is -2.41. The van der Waals surface area contributed by atoms with E-state index >= 15 is 0 Å². The Labute approximate surface area is 116 Å². The third-order valence-corrected chi connectivity index (χ3v) is 4.04. The molecule has 0 fully saturated rings. The van der Waals surface area contributed by atoms with Gasteiger partial charge >= 0.3 is 0 Å². The van der Waals surface area contributed by atoms with E-state index < -0.39 is 0 Å². The predicted molar refractivity (Wildman–Crippen MR) is 79.7 cm³/mol. The number of nitrogens with zero attached hydrogens (tertiary/aromatic N) is 1. The molecule has 1 heterocycles. The first-order valence-corrected chi connectivity index (χ1v) is 7.60. The molecule has 5 heteroatoms. The van der Waals surface area contributed by atoms with Crippen molar-refractivity contribution in [1.29, 1.82) is 0 Å². The summed E-state index contributed by atoms with van der Waals surface area (Å²) in [6, 6.07) is 2.56. The van der Waals surface area contributed by atoms with E-state index in [1.54, 1.807) is 11.3 Å². The zero-order valence-electron chi connectivity index (χ0n) is 10.6. The molecule has 0 amide bonds. The Balaban J connectivity index is 2.56. The van der Waals surface area contributed by atoms with E-state index in [9.17, 15) is 0 Å². The average Bonchev–Trinajstić information content (AvgIpc) is 2.72. The third-order valence-electron chi connectivity index (χ3n) is 2.35. The Morgan fingerprint density at radius 2 is 2.29 bits per heavy atom. The molecule has 0 saturated heterocycles. The number of hydrogen-bond donors (Lipinski definition) is 2. The third kappa shape index (κ3) is 5.55. The van der Waals surface area contributed by atoms with Gasteiger partial charge in [-0.05, 0) is 42.3 Å². The number of halogens is 1. The van der Waals surface area contributed by atoms with Crippen molar-refractivity contribution in [3.8, 4) is 0 Å². The Kier molecular flexibility index (Phi) is 6.58. The standard InChI is InChI=1S/C12H20BrN3S/c1-4-9(3)16-12(14-5-2)15-7-11-6-10(13)8-17-11/h6,8-9H,4-5,7H2,1-3H3,(H2,14,15,16). The summed E-state index contributed by atoms with van der Waals surface area (Å²) in [5, 5.41) is 8.72. The SMILES string of the molecule is CCNC(=NCc1cc(Br)cs1)NC(C)CC. The predicted octanol–water partition coefficient (Wildman–Crippen LogP) is 3.36. The van der Waals surface area contributed by atoms with Crippen molar-refractivity contribution in [1.82, 2.24) is 10.6 Å².